The molecule has 0 saturated heterocycles. The van der Waals surface area contributed by atoms with Crippen molar-refractivity contribution in [3.05, 3.63) is 76.0 Å². The van der Waals surface area contributed by atoms with Crippen LogP contribution in [0.2, 0.25) is 0 Å². The molecule has 0 bridgehead atoms. The van der Waals surface area contributed by atoms with Crippen molar-refractivity contribution in [2.45, 2.75) is 33.7 Å². The molecule has 9 nitrogen and oxygen atoms in total. The van der Waals surface area contributed by atoms with E-state index in [1.807, 2.05) is 31.2 Å². The molecule has 2 amide bonds. The highest BCUT2D eigenvalue weighted by Gasteiger charge is 2.36. The molecular formula is C25H25N3O6. The molecule has 1 atom stereocenters. The number of urea groups is 1. The zero-order valence-corrected chi connectivity index (χ0v) is 19.4. The first-order valence-electron chi connectivity index (χ1n) is 10.9. The average Bonchev–Trinajstić information content (AvgIpc) is 3.23. The minimum atomic E-state index is -0.888. The first-order valence-corrected chi connectivity index (χ1v) is 10.9. The Kier molecular flexibility index (Phi) is 6.36. The van der Waals surface area contributed by atoms with Gasteiger partial charge in [0.2, 0.25) is 0 Å². The summed E-state index contributed by atoms with van der Waals surface area (Å²) in [7, 11) is 0. The van der Waals surface area contributed by atoms with Crippen molar-refractivity contribution in [3.63, 3.8) is 0 Å². The standard InChI is InChI=1S/C25H25N3O6/c1-5-32-24(30)21-18(27-25(31)28-22(21)19-11-10-13(2)34-19)12-33-23(29)20-14(3)16-8-6-7-9-17(16)26-15(20)4/h6-11,22H,5,12H2,1-4H3,(H2,27,28,31). The van der Waals surface area contributed by atoms with Gasteiger partial charge >= 0.3 is 18.0 Å². The van der Waals surface area contributed by atoms with Crippen molar-refractivity contribution in [1.82, 2.24) is 15.6 Å². The molecule has 0 aliphatic carbocycles. The maximum atomic E-state index is 13.1. The Hall–Kier alpha value is -4.14. The topological polar surface area (TPSA) is 120 Å². The van der Waals surface area contributed by atoms with E-state index in [0.29, 0.717) is 22.8 Å². The van der Waals surface area contributed by atoms with Gasteiger partial charge in [-0.1, -0.05) is 18.2 Å². The maximum absolute atomic E-state index is 13.1. The van der Waals surface area contributed by atoms with E-state index >= 15 is 0 Å². The lowest BCUT2D eigenvalue weighted by Crippen LogP contribution is -2.47. The highest BCUT2D eigenvalue weighted by molar-refractivity contribution is 5.99. The lowest BCUT2D eigenvalue weighted by atomic mass is 10.00. The molecule has 3 heterocycles. The van der Waals surface area contributed by atoms with Crippen LogP contribution in [0.3, 0.4) is 0 Å². The van der Waals surface area contributed by atoms with Gasteiger partial charge in [0.25, 0.3) is 0 Å². The smallest absolute Gasteiger partial charge is 0.340 e. The van der Waals surface area contributed by atoms with Gasteiger partial charge in [0.1, 0.15) is 24.2 Å². The first-order chi connectivity index (χ1) is 16.3. The number of esters is 2. The van der Waals surface area contributed by atoms with Crippen LogP contribution < -0.4 is 10.6 Å². The van der Waals surface area contributed by atoms with Gasteiger partial charge in [0.05, 0.1) is 34.7 Å². The van der Waals surface area contributed by atoms with E-state index in [-0.39, 0.29) is 24.5 Å². The number of aromatic nitrogens is 1. The minimum absolute atomic E-state index is 0.105. The number of para-hydroxylation sites is 1. The predicted molar refractivity (Wildman–Crippen MR) is 123 cm³/mol. The number of fused-ring (bicyclic) bond motifs is 1. The zero-order valence-electron chi connectivity index (χ0n) is 19.4. The summed E-state index contributed by atoms with van der Waals surface area (Å²) in [4.78, 5) is 42.7. The molecule has 0 spiro atoms. The molecule has 1 unspecified atom stereocenters. The summed E-state index contributed by atoms with van der Waals surface area (Å²) >= 11 is 0. The molecule has 1 aromatic carbocycles. The molecule has 3 aromatic rings. The van der Waals surface area contributed by atoms with E-state index in [0.717, 1.165) is 16.5 Å². The fraction of sp³-hybridized carbons (Fsp3) is 0.280. The monoisotopic (exact) mass is 463 g/mol. The summed E-state index contributed by atoms with van der Waals surface area (Å²) in [6, 6.07) is 9.47. The third-order valence-electron chi connectivity index (χ3n) is 5.58. The van der Waals surface area contributed by atoms with Crippen molar-refractivity contribution in [2.24, 2.45) is 0 Å². The Morgan fingerprint density at radius 1 is 1.06 bits per heavy atom. The molecule has 0 saturated carbocycles. The average molecular weight is 463 g/mol. The third kappa shape index (κ3) is 4.36. The van der Waals surface area contributed by atoms with Crippen LogP contribution in [-0.4, -0.2) is 36.2 Å². The second-order valence-electron chi connectivity index (χ2n) is 7.88. The van der Waals surface area contributed by atoms with Gasteiger partial charge in [-0.05, 0) is 51.5 Å². The molecule has 4 rings (SSSR count). The van der Waals surface area contributed by atoms with Crippen molar-refractivity contribution < 1.29 is 28.3 Å². The number of carbonyl (C=O) groups excluding carboxylic acids is 3. The highest BCUT2D eigenvalue weighted by Crippen LogP contribution is 2.30. The second kappa shape index (κ2) is 9.38. The quantitative estimate of drug-likeness (QED) is 0.534. The lowest BCUT2D eigenvalue weighted by Gasteiger charge is -2.27. The Labute approximate surface area is 196 Å². The van der Waals surface area contributed by atoms with Crippen LogP contribution in [0.5, 0.6) is 0 Å². The number of pyridine rings is 1. The van der Waals surface area contributed by atoms with Gasteiger partial charge < -0.3 is 24.5 Å². The summed E-state index contributed by atoms with van der Waals surface area (Å²) in [6.07, 6.45) is 0. The number of benzene rings is 1. The van der Waals surface area contributed by atoms with Crippen molar-refractivity contribution in [1.29, 1.82) is 0 Å². The number of nitrogens with zero attached hydrogens (tertiary/aromatic N) is 1. The van der Waals surface area contributed by atoms with Gasteiger partial charge in [-0.3, -0.25) is 4.98 Å². The van der Waals surface area contributed by atoms with E-state index in [9.17, 15) is 14.4 Å². The molecule has 0 radical (unpaired) electrons. The maximum Gasteiger partial charge on any atom is 0.340 e. The molecule has 1 aliphatic rings. The SMILES string of the molecule is CCOC(=O)C1=C(COC(=O)c2c(C)nc3ccccc3c2C)NC(=O)NC1c1ccc(C)o1. The van der Waals surface area contributed by atoms with E-state index in [1.54, 1.807) is 32.9 Å². The Morgan fingerprint density at radius 2 is 1.82 bits per heavy atom. The molecule has 2 aromatic heterocycles. The van der Waals surface area contributed by atoms with E-state index in [4.69, 9.17) is 13.9 Å². The summed E-state index contributed by atoms with van der Waals surface area (Å²) in [6.45, 7) is 6.79. The summed E-state index contributed by atoms with van der Waals surface area (Å²) < 4.78 is 16.4. The molecule has 34 heavy (non-hydrogen) atoms. The molecule has 176 valence electrons. The fourth-order valence-electron chi connectivity index (χ4n) is 4.05. The van der Waals surface area contributed by atoms with Crippen LogP contribution in [-0.2, 0) is 14.3 Å². The van der Waals surface area contributed by atoms with Crippen LogP contribution in [0.15, 0.2) is 52.1 Å². The van der Waals surface area contributed by atoms with Gasteiger partial charge in [-0.2, -0.15) is 0 Å². The van der Waals surface area contributed by atoms with Gasteiger partial charge in [-0.15, -0.1) is 0 Å². The zero-order chi connectivity index (χ0) is 24.4. The van der Waals surface area contributed by atoms with Crippen molar-refractivity contribution >= 4 is 28.9 Å². The number of aryl methyl sites for hydroxylation is 3. The largest absolute Gasteiger partial charge is 0.464 e. The predicted octanol–water partition coefficient (Wildman–Crippen LogP) is 3.78. The van der Waals surface area contributed by atoms with Gasteiger partial charge in [-0.25, -0.2) is 14.4 Å². The molecule has 2 N–H and O–H groups in total. The van der Waals surface area contributed by atoms with Crippen LogP contribution in [0.25, 0.3) is 10.9 Å². The van der Waals surface area contributed by atoms with E-state index in [1.165, 1.54) is 0 Å². The Morgan fingerprint density at radius 3 is 2.53 bits per heavy atom. The minimum Gasteiger partial charge on any atom is -0.464 e. The number of rotatable bonds is 6. The molecule has 9 heteroatoms. The Bertz CT molecular complexity index is 1320. The number of amides is 2. The van der Waals surface area contributed by atoms with Gasteiger partial charge in [0, 0.05) is 5.39 Å². The normalized spacial score (nSPS) is 15.6. The van der Waals surface area contributed by atoms with Crippen molar-refractivity contribution in [3.8, 4) is 0 Å². The van der Waals surface area contributed by atoms with E-state index < -0.39 is 24.0 Å². The summed E-state index contributed by atoms with van der Waals surface area (Å²) in [5, 5.41) is 6.08. The number of hydrogen-bond donors (Lipinski definition) is 2. The van der Waals surface area contributed by atoms with Crippen LogP contribution in [0, 0.1) is 20.8 Å². The number of furan rings is 1. The van der Waals surface area contributed by atoms with E-state index in [2.05, 4.69) is 15.6 Å². The number of carbonyl (C=O) groups is 3. The number of ether oxygens (including phenoxy) is 2. The van der Waals surface area contributed by atoms with Crippen LogP contribution in [0.4, 0.5) is 4.79 Å². The summed E-state index contributed by atoms with van der Waals surface area (Å²) in [5.74, 6) is -0.277. The summed E-state index contributed by atoms with van der Waals surface area (Å²) in [5.41, 5.74) is 2.62. The fourth-order valence-corrected chi connectivity index (χ4v) is 4.05. The number of nitrogens with one attached hydrogen (secondary N) is 2. The second-order valence-corrected chi connectivity index (χ2v) is 7.88. The Balaban J connectivity index is 1.68. The van der Waals surface area contributed by atoms with Crippen LogP contribution >= 0.6 is 0 Å². The molecule has 0 fully saturated rings. The molecule has 1 aliphatic heterocycles. The van der Waals surface area contributed by atoms with Crippen LogP contribution in [0.1, 0.15) is 46.1 Å². The third-order valence-corrected chi connectivity index (χ3v) is 5.58. The van der Waals surface area contributed by atoms with Gasteiger partial charge in [0.15, 0.2) is 0 Å². The highest BCUT2D eigenvalue weighted by atomic mass is 16.5. The number of hydrogen-bond acceptors (Lipinski definition) is 7. The molecular weight excluding hydrogens is 438 g/mol. The first kappa shape index (κ1) is 23.0. The lowest BCUT2D eigenvalue weighted by molar-refractivity contribution is -0.139. The van der Waals surface area contributed by atoms with Crippen molar-refractivity contribution in [2.75, 3.05) is 13.2 Å².